The Bertz CT molecular complexity index is 576. The summed E-state index contributed by atoms with van der Waals surface area (Å²) in [5.41, 5.74) is -0.0493. The van der Waals surface area contributed by atoms with Crippen LogP contribution in [0.15, 0.2) is 58.9 Å². The molecule has 5 nitrogen and oxygen atoms in total. The standard InChI is InChI=1S/C14H14N2O3/c1-14(15-10-11-5-3-2-4-6-11)9-12(16(18)19)7-8-13(14)17/h2-8,10,17H,9H2,1H3. The second-order valence-electron chi connectivity index (χ2n) is 4.59. The van der Waals surface area contributed by atoms with E-state index in [9.17, 15) is 15.2 Å². The normalized spacial score (nSPS) is 23.0. The highest BCUT2D eigenvalue weighted by Crippen LogP contribution is 2.31. The van der Waals surface area contributed by atoms with E-state index in [1.807, 2.05) is 30.3 Å². The minimum absolute atomic E-state index is 0.0327. The molecular weight excluding hydrogens is 244 g/mol. The van der Waals surface area contributed by atoms with Crippen LogP contribution in [0.2, 0.25) is 0 Å². The van der Waals surface area contributed by atoms with Crippen LogP contribution in [-0.2, 0) is 0 Å². The predicted octanol–water partition coefficient (Wildman–Crippen LogP) is 2.87. The van der Waals surface area contributed by atoms with Crippen LogP contribution >= 0.6 is 0 Å². The highest BCUT2D eigenvalue weighted by molar-refractivity contribution is 5.80. The van der Waals surface area contributed by atoms with Crippen molar-refractivity contribution in [2.45, 2.75) is 18.9 Å². The van der Waals surface area contributed by atoms with Crippen molar-refractivity contribution in [1.29, 1.82) is 0 Å². The van der Waals surface area contributed by atoms with Gasteiger partial charge in [0.2, 0.25) is 5.70 Å². The number of hydrogen-bond donors (Lipinski definition) is 1. The molecule has 1 aliphatic carbocycles. The van der Waals surface area contributed by atoms with Gasteiger partial charge < -0.3 is 5.11 Å². The maximum absolute atomic E-state index is 10.8. The molecule has 19 heavy (non-hydrogen) atoms. The van der Waals surface area contributed by atoms with Crippen LogP contribution in [-0.4, -0.2) is 21.8 Å². The summed E-state index contributed by atoms with van der Waals surface area (Å²) in [4.78, 5) is 14.7. The second-order valence-corrected chi connectivity index (χ2v) is 4.59. The molecule has 0 fully saturated rings. The minimum Gasteiger partial charge on any atom is -0.510 e. The zero-order chi connectivity index (χ0) is 13.9. The van der Waals surface area contributed by atoms with Gasteiger partial charge in [0.15, 0.2) is 0 Å². The highest BCUT2D eigenvalue weighted by Gasteiger charge is 2.36. The summed E-state index contributed by atoms with van der Waals surface area (Å²) in [5, 5.41) is 20.7. The number of benzene rings is 1. The lowest BCUT2D eigenvalue weighted by Gasteiger charge is -2.25. The summed E-state index contributed by atoms with van der Waals surface area (Å²) >= 11 is 0. The Morgan fingerprint density at radius 3 is 2.68 bits per heavy atom. The fourth-order valence-corrected chi connectivity index (χ4v) is 1.85. The summed E-state index contributed by atoms with van der Waals surface area (Å²) in [6, 6.07) is 9.40. The van der Waals surface area contributed by atoms with E-state index in [2.05, 4.69) is 4.99 Å². The van der Waals surface area contributed by atoms with Crippen molar-refractivity contribution in [3.8, 4) is 0 Å². The van der Waals surface area contributed by atoms with Crippen molar-refractivity contribution in [1.82, 2.24) is 0 Å². The van der Waals surface area contributed by atoms with E-state index in [0.717, 1.165) is 5.56 Å². The topological polar surface area (TPSA) is 75.7 Å². The fraction of sp³-hybridized carbons (Fsp3) is 0.214. The van der Waals surface area contributed by atoms with Crippen LogP contribution in [0, 0.1) is 10.1 Å². The average molecular weight is 258 g/mol. The second kappa shape index (κ2) is 5.06. The molecule has 0 bridgehead atoms. The van der Waals surface area contributed by atoms with Crippen LogP contribution in [0.25, 0.3) is 0 Å². The smallest absolute Gasteiger partial charge is 0.249 e. The molecule has 98 valence electrons. The molecule has 0 spiro atoms. The highest BCUT2D eigenvalue weighted by atomic mass is 16.6. The third kappa shape index (κ3) is 2.88. The van der Waals surface area contributed by atoms with E-state index in [1.54, 1.807) is 13.1 Å². The summed E-state index contributed by atoms with van der Waals surface area (Å²) in [6.07, 6.45) is 4.34. The average Bonchev–Trinajstić information content (AvgIpc) is 2.41. The molecule has 1 atom stereocenters. The van der Waals surface area contributed by atoms with Crippen LogP contribution < -0.4 is 0 Å². The first-order chi connectivity index (χ1) is 9.01. The van der Waals surface area contributed by atoms with E-state index in [1.165, 1.54) is 12.2 Å². The Morgan fingerprint density at radius 1 is 1.37 bits per heavy atom. The molecule has 1 aromatic carbocycles. The van der Waals surface area contributed by atoms with Crippen molar-refractivity contribution in [3.63, 3.8) is 0 Å². The Kier molecular flexibility index (Phi) is 3.46. The van der Waals surface area contributed by atoms with Crippen molar-refractivity contribution in [3.05, 3.63) is 69.6 Å². The minimum atomic E-state index is -0.979. The molecule has 0 amide bonds. The molecule has 0 heterocycles. The molecule has 1 aliphatic rings. The molecule has 1 N–H and O–H groups in total. The van der Waals surface area contributed by atoms with Crippen LogP contribution in [0.3, 0.4) is 0 Å². The van der Waals surface area contributed by atoms with E-state index < -0.39 is 10.5 Å². The summed E-state index contributed by atoms with van der Waals surface area (Å²) in [5.74, 6) is 0.0327. The van der Waals surface area contributed by atoms with Gasteiger partial charge in [-0.2, -0.15) is 0 Å². The molecule has 2 rings (SSSR count). The van der Waals surface area contributed by atoms with Crippen LogP contribution in [0.1, 0.15) is 18.9 Å². The van der Waals surface area contributed by atoms with E-state index in [-0.39, 0.29) is 17.9 Å². The lowest BCUT2D eigenvalue weighted by atomic mass is 9.90. The first kappa shape index (κ1) is 13.0. The Balaban J connectivity index is 2.24. The molecule has 0 saturated carbocycles. The van der Waals surface area contributed by atoms with Gasteiger partial charge in [-0.1, -0.05) is 30.3 Å². The maximum Gasteiger partial charge on any atom is 0.249 e. The number of rotatable bonds is 3. The van der Waals surface area contributed by atoms with Gasteiger partial charge in [0.25, 0.3) is 0 Å². The summed E-state index contributed by atoms with van der Waals surface area (Å²) in [7, 11) is 0. The Morgan fingerprint density at radius 2 is 2.05 bits per heavy atom. The van der Waals surface area contributed by atoms with Gasteiger partial charge in [-0.3, -0.25) is 15.1 Å². The van der Waals surface area contributed by atoms with Crippen LogP contribution in [0.4, 0.5) is 0 Å². The summed E-state index contributed by atoms with van der Waals surface area (Å²) in [6.45, 7) is 1.68. The fourth-order valence-electron chi connectivity index (χ4n) is 1.85. The maximum atomic E-state index is 10.8. The first-order valence-corrected chi connectivity index (χ1v) is 5.86. The van der Waals surface area contributed by atoms with Gasteiger partial charge in [-0.05, 0) is 18.6 Å². The number of aliphatic hydroxyl groups excluding tert-OH is 1. The predicted molar refractivity (Wildman–Crippen MR) is 72.8 cm³/mol. The molecule has 1 unspecified atom stereocenters. The third-order valence-corrected chi connectivity index (χ3v) is 3.04. The van der Waals surface area contributed by atoms with Gasteiger partial charge in [-0.15, -0.1) is 0 Å². The van der Waals surface area contributed by atoms with Gasteiger partial charge in [-0.25, -0.2) is 0 Å². The van der Waals surface area contributed by atoms with E-state index in [0.29, 0.717) is 0 Å². The van der Waals surface area contributed by atoms with E-state index in [4.69, 9.17) is 0 Å². The Labute approximate surface area is 110 Å². The monoisotopic (exact) mass is 258 g/mol. The summed E-state index contributed by atoms with van der Waals surface area (Å²) < 4.78 is 0. The molecule has 0 aromatic heterocycles. The molecule has 0 aliphatic heterocycles. The zero-order valence-electron chi connectivity index (χ0n) is 10.5. The number of nitro groups is 1. The van der Waals surface area contributed by atoms with Crippen molar-refractivity contribution in [2.75, 3.05) is 0 Å². The quantitative estimate of drug-likeness (QED) is 0.514. The van der Waals surface area contributed by atoms with Gasteiger partial charge in [0.1, 0.15) is 11.3 Å². The largest absolute Gasteiger partial charge is 0.510 e. The molecule has 0 saturated heterocycles. The van der Waals surface area contributed by atoms with E-state index >= 15 is 0 Å². The van der Waals surface area contributed by atoms with Gasteiger partial charge in [0, 0.05) is 12.3 Å². The van der Waals surface area contributed by atoms with Crippen LogP contribution in [0.5, 0.6) is 0 Å². The number of nitrogens with zero attached hydrogens (tertiary/aromatic N) is 2. The molecule has 0 radical (unpaired) electrons. The van der Waals surface area contributed by atoms with Crippen molar-refractivity contribution < 1.29 is 10.0 Å². The van der Waals surface area contributed by atoms with Gasteiger partial charge in [0.05, 0.1) is 11.3 Å². The first-order valence-electron chi connectivity index (χ1n) is 5.86. The number of aliphatic imine (C=N–C) groups is 1. The lowest BCUT2D eigenvalue weighted by Crippen LogP contribution is -2.29. The Hall–Kier alpha value is -2.43. The zero-order valence-corrected chi connectivity index (χ0v) is 10.5. The molecule has 5 heteroatoms. The number of allylic oxidation sites excluding steroid dienone is 2. The van der Waals surface area contributed by atoms with Gasteiger partial charge >= 0.3 is 0 Å². The molecule has 1 aromatic rings. The third-order valence-electron chi connectivity index (χ3n) is 3.04. The number of aliphatic hydroxyl groups is 1. The lowest BCUT2D eigenvalue weighted by molar-refractivity contribution is -0.429. The van der Waals surface area contributed by atoms with Crippen molar-refractivity contribution in [2.24, 2.45) is 4.99 Å². The molecular formula is C14H14N2O3. The SMILES string of the molecule is CC1(N=Cc2ccccc2)CC([N+](=O)[O-])=CC=C1O. The van der Waals surface area contributed by atoms with Crippen molar-refractivity contribution >= 4 is 6.21 Å². The number of hydrogen-bond acceptors (Lipinski definition) is 4.